The molecule has 2 rings (SSSR count). The van der Waals surface area contributed by atoms with Gasteiger partial charge in [-0.05, 0) is 19.4 Å². The number of rotatable bonds is 1. The molecule has 0 amide bonds. The first-order chi connectivity index (χ1) is 7.30. The molecule has 16 heavy (non-hydrogen) atoms. The third-order valence-corrected chi connectivity index (χ3v) is 4.31. The monoisotopic (exact) mass is 257 g/mol. The minimum absolute atomic E-state index is 0.209. The van der Waals surface area contributed by atoms with Crippen LogP contribution in [-0.4, -0.2) is 24.6 Å². The van der Waals surface area contributed by atoms with Gasteiger partial charge in [0.25, 0.3) is 0 Å². The summed E-state index contributed by atoms with van der Waals surface area (Å²) in [5.41, 5.74) is 6.77. The summed E-state index contributed by atoms with van der Waals surface area (Å²) >= 11 is 1.43. The van der Waals surface area contributed by atoms with E-state index in [2.05, 4.69) is 9.97 Å². The fraction of sp³-hybridized carbons (Fsp3) is 0.333. The Kier molecular flexibility index (Phi) is 2.39. The van der Waals surface area contributed by atoms with Gasteiger partial charge in [-0.2, -0.15) is 0 Å². The Hall–Kier alpha value is -1.21. The number of nitrogens with zero attached hydrogens (tertiary/aromatic N) is 2. The first-order valence-corrected chi connectivity index (χ1v) is 7.24. The molecule has 2 aromatic heterocycles. The highest BCUT2D eigenvalue weighted by Crippen LogP contribution is 2.32. The average molecular weight is 257 g/mol. The van der Waals surface area contributed by atoms with Crippen molar-refractivity contribution in [3.8, 4) is 0 Å². The predicted octanol–water partition coefficient (Wildman–Crippen LogP) is 1.29. The minimum atomic E-state index is -3.42. The normalized spacial score (nSPS) is 12.2. The molecule has 0 aliphatic rings. The van der Waals surface area contributed by atoms with Crippen molar-refractivity contribution >= 4 is 37.2 Å². The molecule has 7 heteroatoms. The number of hydrogen-bond donors (Lipinski definition) is 1. The van der Waals surface area contributed by atoms with E-state index in [9.17, 15) is 8.42 Å². The second-order valence-electron chi connectivity index (χ2n) is 3.63. The summed E-state index contributed by atoms with van der Waals surface area (Å²) in [4.78, 5) is 9.56. The third-order valence-electron chi connectivity index (χ3n) is 2.37. The van der Waals surface area contributed by atoms with Crippen molar-refractivity contribution in [3.05, 3.63) is 10.4 Å². The van der Waals surface area contributed by atoms with Crippen molar-refractivity contribution in [2.75, 3.05) is 12.0 Å². The lowest BCUT2D eigenvalue weighted by Gasteiger charge is -2.00. The fourth-order valence-electron chi connectivity index (χ4n) is 1.43. The molecule has 0 unspecified atom stereocenters. The van der Waals surface area contributed by atoms with Gasteiger partial charge in [0.15, 0.2) is 0 Å². The van der Waals surface area contributed by atoms with Crippen molar-refractivity contribution < 1.29 is 8.42 Å². The van der Waals surface area contributed by atoms with Gasteiger partial charge in [-0.3, -0.25) is 0 Å². The molecule has 0 saturated heterocycles. The van der Waals surface area contributed by atoms with Gasteiger partial charge in [0, 0.05) is 11.1 Å². The molecule has 0 spiro atoms. The maximum absolute atomic E-state index is 11.3. The molecule has 5 nitrogen and oxygen atoms in total. The summed E-state index contributed by atoms with van der Waals surface area (Å²) in [6.45, 7) is 3.87. The van der Waals surface area contributed by atoms with Crippen LogP contribution in [0.5, 0.6) is 0 Å². The number of thiophene rings is 1. The molecule has 0 fully saturated rings. The highest BCUT2D eigenvalue weighted by Gasteiger charge is 2.17. The van der Waals surface area contributed by atoms with Crippen LogP contribution in [0.1, 0.15) is 10.4 Å². The van der Waals surface area contributed by atoms with Gasteiger partial charge in [-0.25, -0.2) is 18.4 Å². The largest absolute Gasteiger partial charge is 0.383 e. The summed E-state index contributed by atoms with van der Waals surface area (Å²) in [6.07, 6.45) is 1.07. The molecule has 2 aromatic rings. The lowest BCUT2D eigenvalue weighted by atomic mass is 10.2. The molecule has 0 saturated carbocycles. The maximum Gasteiger partial charge on any atom is 0.250 e. The first kappa shape index (κ1) is 11.3. The van der Waals surface area contributed by atoms with E-state index in [4.69, 9.17) is 5.73 Å². The van der Waals surface area contributed by atoms with Crippen LogP contribution in [-0.2, 0) is 9.84 Å². The lowest BCUT2D eigenvalue weighted by molar-refractivity contribution is 0.594. The number of aryl methyl sites for hydroxylation is 2. The summed E-state index contributed by atoms with van der Waals surface area (Å²) in [5.74, 6) is 0.229. The second-order valence-corrected chi connectivity index (χ2v) is 6.74. The minimum Gasteiger partial charge on any atom is -0.383 e. The van der Waals surface area contributed by atoms with Crippen molar-refractivity contribution in [1.82, 2.24) is 9.97 Å². The van der Waals surface area contributed by atoms with Crippen molar-refractivity contribution in [2.24, 2.45) is 0 Å². The van der Waals surface area contributed by atoms with Gasteiger partial charge >= 0.3 is 0 Å². The van der Waals surface area contributed by atoms with Gasteiger partial charge in [0.2, 0.25) is 15.0 Å². The van der Waals surface area contributed by atoms with Crippen molar-refractivity contribution in [2.45, 2.75) is 19.0 Å². The number of nitrogen functional groups attached to an aromatic ring is 1. The summed E-state index contributed by atoms with van der Waals surface area (Å²) in [6, 6.07) is 0. The van der Waals surface area contributed by atoms with E-state index in [1.165, 1.54) is 11.3 Å². The molecule has 0 atom stereocenters. The SMILES string of the molecule is Cc1sc2nc(S(C)(=O)=O)nc(N)c2c1C. The number of aromatic nitrogens is 2. The smallest absolute Gasteiger partial charge is 0.250 e. The zero-order chi connectivity index (χ0) is 12.1. The van der Waals surface area contributed by atoms with E-state index in [-0.39, 0.29) is 11.0 Å². The van der Waals surface area contributed by atoms with Gasteiger partial charge in [0.05, 0.1) is 5.39 Å². The summed E-state index contributed by atoms with van der Waals surface area (Å²) in [7, 11) is -3.42. The van der Waals surface area contributed by atoms with E-state index in [1.54, 1.807) is 0 Å². The van der Waals surface area contributed by atoms with Crippen LogP contribution in [0.3, 0.4) is 0 Å². The van der Waals surface area contributed by atoms with E-state index >= 15 is 0 Å². The molecule has 0 aromatic carbocycles. The van der Waals surface area contributed by atoms with Gasteiger partial charge in [-0.1, -0.05) is 0 Å². The Morgan fingerprint density at radius 3 is 2.44 bits per heavy atom. The molecular formula is C9H11N3O2S2. The third kappa shape index (κ3) is 1.65. The van der Waals surface area contributed by atoms with E-state index in [0.29, 0.717) is 4.83 Å². The van der Waals surface area contributed by atoms with E-state index in [1.807, 2.05) is 13.8 Å². The van der Waals surface area contributed by atoms with Gasteiger partial charge in [0.1, 0.15) is 10.6 Å². The van der Waals surface area contributed by atoms with Gasteiger partial charge < -0.3 is 5.73 Å². The average Bonchev–Trinajstić information content (AvgIpc) is 2.41. The predicted molar refractivity (Wildman–Crippen MR) is 64.4 cm³/mol. The lowest BCUT2D eigenvalue weighted by Crippen LogP contribution is -2.06. The Balaban J connectivity index is 2.89. The highest BCUT2D eigenvalue weighted by atomic mass is 32.2. The van der Waals surface area contributed by atoms with Crippen LogP contribution < -0.4 is 5.73 Å². The second kappa shape index (κ2) is 3.39. The van der Waals surface area contributed by atoms with Crippen LogP contribution in [0.15, 0.2) is 5.16 Å². The molecule has 0 aliphatic carbocycles. The number of fused-ring (bicyclic) bond motifs is 1. The van der Waals surface area contributed by atoms with Crippen LogP contribution in [0.25, 0.3) is 10.2 Å². The Morgan fingerprint density at radius 1 is 1.25 bits per heavy atom. The molecule has 86 valence electrons. The fourth-order valence-corrected chi connectivity index (χ4v) is 3.04. The van der Waals surface area contributed by atoms with Crippen LogP contribution in [0.2, 0.25) is 0 Å². The topological polar surface area (TPSA) is 85.9 Å². The number of sulfone groups is 1. The van der Waals surface area contributed by atoms with E-state index in [0.717, 1.165) is 22.1 Å². The van der Waals surface area contributed by atoms with Crippen LogP contribution >= 0.6 is 11.3 Å². The Bertz CT molecular complexity index is 674. The summed E-state index contributed by atoms with van der Waals surface area (Å²) in [5, 5.41) is 0.550. The summed E-state index contributed by atoms with van der Waals surface area (Å²) < 4.78 is 22.7. The highest BCUT2D eigenvalue weighted by molar-refractivity contribution is 7.90. The van der Waals surface area contributed by atoms with Crippen molar-refractivity contribution in [1.29, 1.82) is 0 Å². The molecule has 2 N–H and O–H groups in total. The number of anilines is 1. The molecule has 0 radical (unpaired) electrons. The molecule has 0 bridgehead atoms. The first-order valence-electron chi connectivity index (χ1n) is 4.54. The van der Waals surface area contributed by atoms with E-state index < -0.39 is 9.84 Å². The molecular weight excluding hydrogens is 246 g/mol. The molecule has 2 heterocycles. The molecule has 0 aliphatic heterocycles. The van der Waals surface area contributed by atoms with Gasteiger partial charge in [-0.15, -0.1) is 11.3 Å². The van der Waals surface area contributed by atoms with Crippen LogP contribution in [0.4, 0.5) is 5.82 Å². The quantitative estimate of drug-likeness (QED) is 0.778. The van der Waals surface area contributed by atoms with Crippen molar-refractivity contribution in [3.63, 3.8) is 0 Å². The van der Waals surface area contributed by atoms with Crippen LogP contribution in [0, 0.1) is 13.8 Å². The zero-order valence-electron chi connectivity index (χ0n) is 9.10. The maximum atomic E-state index is 11.3. The Morgan fingerprint density at radius 2 is 1.88 bits per heavy atom. The number of nitrogens with two attached hydrogens (primary N) is 1. The zero-order valence-corrected chi connectivity index (χ0v) is 10.7. The standard InChI is InChI=1S/C9H11N3O2S2/c1-4-5(2)15-8-6(4)7(10)11-9(12-8)16(3,13)14/h1-3H3,(H2,10,11,12). The Labute approximate surface area is 97.3 Å². The number of hydrogen-bond acceptors (Lipinski definition) is 6.